The monoisotopic (exact) mass is 396 g/mol. The van der Waals surface area contributed by atoms with Gasteiger partial charge in [-0.15, -0.1) is 0 Å². The number of hydrogen-bond donors (Lipinski definition) is 1. The number of nitrogens with zero attached hydrogens (tertiary/aromatic N) is 3. The second-order valence-electron chi connectivity index (χ2n) is 6.71. The number of primary sulfonamides is 1. The van der Waals surface area contributed by atoms with Crippen molar-refractivity contribution in [2.45, 2.75) is 43.3 Å². The molecule has 0 saturated carbocycles. The van der Waals surface area contributed by atoms with E-state index in [0.29, 0.717) is 28.9 Å². The third kappa shape index (κ3) is 4.05. The highest BCUT2D eigenvalue weighted by atomic mass is 32.2. The molecule has 0 unspecified atom stereocenters. The highest BCUT2D eigenvalue weighted by Gasteiger charge is 2.22. The third-order valence-electron chi connectivity index (χ3n) is 4.66. The number of imidazole rings is 1. The molecular formula is C17H24N4O3S2. The summed E-state index contributed by atoms with van der Waals surface area (Å²) in [6, 6.07) is 4.68. The standard InChI is InChI=1S/C17H24N4O3S2/c1-3-21-15-7-6-13(26(18,23)24)9-14(15)19-17(21)25-11-16(22)20-8-4-5-12(2)10-20/h6-7,9,12H,3-5,8,10-11H2,1-2H3,(H2,18,23,24)/t12-/m0/s1. The van der Waals surface area contributed by atoms with E-state index in [0.717, 1.165) is 25.0 Å². The van der Waals surface area contributed by atoms with Crippen LogP contribution in [0.5, 0.6) is 0 Å². The highest BCUT2D eigenvalue weighted by molar-refractivity contribution is 7.99. The first kappa shape index (κ1) is 19.2. The number of thioether (sulfide) groups is 1. The van der Waals surface area contributed by atoms with E-state index in [-0.39, 0.29) is 10.8 Å². The number of rotatable bonds is 5. The van der Waals surface area contributed by atoms with Gasteiger partial charge in [-0.05, 0) is 43.9 Å². The van der Waals surface area contributed by atoms with Gasteiger partial charge in [0, 0.05) is 19.6 Å². The molecular weight excluding hydrogens is 372 g/mol. The second kappa shape index (κ2) is 7.58. The summed E-state index contributed by atoms with van der Waals surface area (Å²) in [5, 5.41) is 5.91. The number of fused-ring (bicyclic) bond motifs is 1. The van der Waals surface area contributed by atoms with E-state index in [1.54, 1.807) is 6.07 Å². The molecule has 26 heavy (non-hydrogen) atoms. The topological polar surface area (TPSA) is 98.3 Å². The SMILES string of the molecule is CCn1c(SCC(=O)N2CCC[C@H](C)C2)nc2cc(S(N)(=O)=O)ccc21. The van der Waals surface area contributed by atoms with Gasteiger partial charge in [0.15, 0.2) is 5.16 Å². The normalized spacial score (nSPS) is 18.4. The lowest BCUT2D eigenvalue weighted by Gasteiger charge is -2.30. The maximum absolute atomic E-state index is 12.5. The lowest BCUT2D eigenvalue weighted by atomic mass is 10.0. The highest BCUT2D eigenvalue weighted by Crippen LogP contribution is 2.26. The molecule has 1 saturated heterocycles. The van der Waals surface area contributed by atoms with E-state index in [4.69, 9.17) is 5.14 Å². The largest absolute Gasteiger partial charge is 0.342 e. The average Bonchev–Trinajstić information content (AvgIpc) is 2.95. The molecule has 1 atom stereocenters. The number of aryl methyl sites for hydroxylation is 1. The van der Waals surface area contributed by atoms with Crippen LogP contribution in [-0.2, 0) is 21.4 Å². The molecule has 0 spiro atoms. The summed E-state index contributed by atoms with van der Waals surface area (Å²) in [6.07, 6.45) is 2.23. The number of carbonyl (C=O) groups is 1. The maximum Gasteiger partial charge on any atom is 0.238 e. The Hall–Kier alpha value is -1.58. The molecule has 0 radical (unpaired) electrons. The molecule has 3 rings (SSSR count). The van der Waals surface area contributed by atoms with Crippen molar-refractivity contribution in [2.24, 2.45) is 11.1 Å². The summed E-state index contributed by atoms with van der Waals surface area (Å²) in [5.74, 6) is 1.01. The number of sulfonamides is 1. The van der Waals surface area contributed by atoms with Crippen LogP contribution in [0.2, 0.25) is 0 Å². The van der Waals surface area contributed by atoms with Gasteiger partial charge in [-0.25, -0.2) is 18.5 Å². The molecule has 1 fully saturated rings. The smallest absolute Gasteiger partial charge is 0.238 e. The van der Waals surface area contributed by atoms with E-state index in [9.17, 15) is 13.2 Å². The van der Waals surface area contributed by atoms with Crippen molar-refractivity contribution in [3.63, 3.8) is 0 Å². The summed E-state index contributed by atoms with van der Waals surface area (Å²) in [7, 11) is -3.77. The van der Waals surface area contributed by atoms with E-state index in [2.05, 4.69) is 11.9 Å². The van der Waals surface area contributed by atoms with Crippen LogP contribution in [0.3, 0.4) is 0 Å². The number of hydrogen-bond acceptors (Lipinski definition) is 5. The quantitative estimate of drug-likeness (QED) is 0.780. The molecule has 1 amide bonds. The molecule has 1 aromatic carbocycles. The van der Waals surface area contributed by atoms with Crippen molar-refractivity contribution >= 4 is 38.7 Å². The lowest BCUT2D eigenvalue weighted by Crippen LogP contribution is -2.40. The minimum Gasteiger partial charge on any atom is -0.342 e. The summed E-state index contributed by atoms with van der Waals surface area (Å²) < 4.78 is 25.1. The van der Waals surface area contributed by atoms with E-state index in [1.165, 1.54) is 30.3 Å². The van der Waals surface area contributed by atoms with Gasteiger partial charge in [0.1, 0.15) is 0 Å². The molecule has 2 aromatic rings. The number of carbonyl (C=O) groups excluding carboxylic acids is 1. The molecule has 1 aliphatic rings. The Morgan fingerprint density at radius 2 is 2.19 bits per heavy atom. The Kier molecular flexibility index (Phi) is 5.59. The van der Waals surface area contributed by atoms with Crippen LogP contribution in [0.1, 0.15) is 26.7 Å². The van der Waals surface area contributed by atoms with Crippen molar-refractivity contribution in [3.8, 4) is 0 Å². The van der Waals surface area contributed by atoms with Crippen LogP contribution in [0.4, 0.5) is 0 Å². The van der Waals surface area contributed by atoms with Crippen molar-refractivity contribution in [2.75, 3.05) is 18.8 Å². The van der Waals surface area contributed by atoms with Gasteiger partial charge >= 0.3 is 0 Å². The van der Waals surface area contributed by atoms with Gasteiger partial charge in [-0.3, -0.25) is 4.79 Å². The first-order valence-electron chi connectivity index (χ1n) is 8.73. The van der Waals surface area contributed by atoms with E-state index < -0.39 is 10.0 Å². The van der Waals surface area contributed by atoms with Gasteiger partial charge in [-0.1, -0.05) is 18.7 Å². The fraction of sp³-hybridized carbons (Fsp3) is 0.529. The number of nitrogens with two attached hydrogens (primary N) is 1. The number of benzene rings is 1. The zero-order chi connectivity index (χ0) is 18.9. The molecule has 9 heteroatoms. The number of amides is 1. The zero-order valence-electron chi connectivity index (χ0n) is 15.0. The summed E-state index contributed by atoms with van der Waals surface area (Å²) in [5.41, 5.74) is 1.40. The maximum atomic E-state index is 12.5. The minimum absolute atomic E-state index is 0.0423. The number of piperidine rings is 1. The van der Waals surface area contributed by atoms with Crippen LogP contribution in [0.15, 0.2) is 28.3 Å². The van der Waals surface area contributed by atoms with Crippen LogP contribution < -0.4 is 5.14 Å². The van der Waals surface area contributed by atoms with Crippen molar-refractivity contribution in [3.05, 3.63) is 18.2 Å². The third-order valence-corrected chi connectivity index (χ3v) is 6.54. The molecule has 2 heterocycles. The molecule has 1 aliphatic heterocycles. The first-order valence-corrected chi connectivity index (χ1v) is 11.3. The van der Waals surface area contributed by atoms with Crippen LogP contribution in [0, 0.1) is 5.92 Å². The Morgan fingerprint density at radius 1 is 1.42 bits per heavy atom. The number of aromatic nitrogens is 2. The van der Waals surface area contributed by atoms with Gasteiger partial charge in [0.2, 0.25) is 15.9 Å². The summed E-state index contributed by atoms with van der Waals surface area (Å²) in [6.45, 7) is 6.49. The van der Waals surface area contributed by atoms with Gasteiger partial charge in [-0.2, -0.15) is 0 Å². The van der Waals surface area contributed by atoms with Crippen LogP contribution in [0.25, 0.3) is 11.0 Å². The Bertz CT molecular complexity index is 923. The number of likely N-dealkylation sites (tertiary alicyclic amines) is 1. The molecule has 7 nitrogen and oxygen atoms in total. The van der Waals surface area contributed by atoms with Crippen molar-refractivity contribution in [1.29, 1.82) is 0 Å². The van der Waals surface area contributed by atoms with Gasteiger partial charge in [0.05, 0.1) is 21.7 Å². The predicted octanol–water partition coefficient (Wildman–Crippen LogP) is 2.05. The second-order valence-corrected chi connectivity index (χ2v) is 9.21. The molecule has 142 valence electrons. The first-order chi connectivity index (χ1) is 12.3. The van der Waals surface area contributed by atoms with Gasteiger partial charge in [0.25, 0.3) is 0 Å². The van der Waals surface area contributed by atoms with E-state index in [1.807, 2.05) is 16.4 Å². The van der Waals surface area contributed by atoms with Crippen molar-refractivity contribution < 1.29 is 13.2 Å². The Morgan fingerprint density at radius 3 is 2.85 bits per heavy atom. The Labute approximate surface area is 158 Å². The minimum atomic E-state index is -3.77. The predicted molar refractivity (Wildman–Crippen MR) is 102 cm³/mol. The fourth-order valence-corrected chi connectivity index (χ4v) is 4.83. The van der Waals surface area contributed by atoms with E-state index >= 15 is 0 Å². The average molecular weight is 397 g/mol. The fourth-order valence-electron chi connectivity index (χ4n) is 3.31. The zero-order valence-corrected chi connectivity index (χ0v) is 16.6. The lowest BCUT2D eigenvalue weighted by molar-refractivity contribution is -0.130. The van der Waals surface area contributed by atoms with Crippen molar-refractivity contribution in [1.82, 2.24) is 14.5 Å². The summed E-state index contributed by atoms with van der Waals surface area (Å²) in [4.78, 5) is 19.0. The molecule has 2 N–H and O–H groups in total. The Balaban J connectivity index is 1.80. The molecule has 0 aliphatic carbocycles. The van der Waals surface area contributed by atoms with Crippen LogP contribution >= 0.6 is 11.8 Å². The molecule has 1 aromatic heterocycles. The van der Waals surface area contributed by atoms with Crippen LogP contribution in [-0.4, -0.2) is 47.6 Å². The van der Waals surface area contributed by atoms with Gasteiger partial charge < -0.3 is 9.47 Å². The molecule has 0 bridgehead atoms. The summed E-state index contributed by atoms with van der Waals surface area (Å²) >= 11 is 1.39.